The molecule has 0 aliphatic heterocycles. The van der Waals surface area contributed by atoms with Crippen molar-refractivity contribution in [1.82, 2.24) is 0 Å². The molecule has 5 heteroatoms. The highest BCUT2D eigenvalue weighted by molar-refractivity contribution is 7.80. The summed E-state index contributed by atoms with van der Waals surface area (Å²) in [5.41, 5.74) is 0.198. The van der Waals surface area contributed by atoms with E-state index in [4.69, 9.17) is 0 Å². The number of rotatable bonds is 1. The third kappa shape index (κ3) is 4.17. The van der Waals surface area contributed by atoms with Crippen LogP contribution in [0.2, 0.25) is 0 Å². The van der Waals surface area contributed by atoms with Gasteiger partial charge in [0.2, 0.25) is 0 Å². The SMILES string of the molecule is FC(F)(F)Oc1ccccc1C#CCS. The van der Waals surface area contributed by atoms with E-state index in [9.17, 15) is 13.2 Å². The Balaban J connectivity index is 2.96. The molecule has 0 unspecified atom stereocenters. The summed E-state index contributed by atoms with van der Waals surface area (Å²) in [6.45, 7) is 0. The Hall–Kier alpha value is -1.28. The van der Waals surface area contributed by atoms with Gasteiger partial charge in [0.25, 0.3) is 0 Å². The molecular weight excluding hydrogens is 225 g/mol. The largest absolute Gasteiger partial charge is 0.573 e. The smallest absolute Gasteiger partial charge is 0.404 e. The van der Waals surface area contributed by atoms with Gasteiger partial charge in [0.15, 0.2) is 0 Å². The Labute approximate surface area is 90.7 Å². The van der Waals surface area contributed by atoms with E-state index in [0.29, 0.717) is 0 Å². The summed E-state index contributed by atoms with van der Waals surface area (Å²) in [5.74, 6) is 5.08. The van der Waals surface area contributed by atoms with Crippen LogP contribution in [0.5, 0.6) is 5.75 Å². The molecule has 0 aromatic heterocycles. The van der Waals surface area contributed by atoms with Crippen molar-refractivity contribution >= 4 is 12.6 Å². The molecule has 0 amide bonds. The molecular formula is C10H7F3OS. The summed E-state index contributed by atoms with van der Waals surface area (Å²) < 4.78 is 39.7. The molecule has 80 valence electrons. The zero-order valence-corrected chi connectivity index (χ0v) is 8.40. The lowest BCUT2D eigenvalue weighted by molar-refractivity contribution is -0.274. The van der Waals surface area contributed by atoms with Crippen molar-refractivity contribution in [3.8, 4) is 17.6 Å². The van der Waals surface area contributed by atoms with Crippen molar-refractivity contribution in [2.24, 2.45) is 0 Å². The fraction of sp³-hybridized carbons (Fsp3) is 0.200. The maximum absolute atomic E-state index is 12.0. The first-order valence-electron chi connectivity index (χ1n) is 3.97. The molecule has 1 nitrogen and oxygen atoms in total. The van der Waals surface area contributed by atoms with Gasteiger partial charge in [-0.1, -0.05) is 24.0 Å². The van der Waals surface area contributed by atoms with Gasteiger partial charge < -0.3 is 4.74 Å². The fourth-order valence-electron chi connectivity index (χ4n) is 0.918. The van der Waals surface area contributed by atoms with Crippen molar-refractivity contribution in [3.05, 3.63) is 29.8 Å². The van der Waals surface area contributed by atoms with E-state index in [1.807, 2.05) is 0 Å². The van der Waals surface area contributed by atoms with Crippen molar-refractivity contribution in [1.29, 1.82) is 0 Å². The van der Waals surface area contributed by atoms with Crippen LogP contribution in [0.4, 0.5) is 13.2 Å². The highest BCUT2D eigenvalue weighted by Gasteiger charge is 2.31. The van der Waals surface area contributed by atoms with Gasteiger partial charge in [0.05, 0.1) is 11.3 Å². The van der Waals surface area contributed by atoms with Gasteiger partial charge in [-0.2, -0.15) is 12.6 Å². The van der Waals surface area contributed by atoms with Gasteiger partial charge in [-0.05, 0) is 12.1 Å². The normalized spacial score (nSPS) is 10.4. The molecule has 15 heavy (non-hydrogen) atoms. The van der Waals surface area contributed by atoms with E-state index in [-0.39, 0.29) is 17.1 Å². The van der Waals surface area contributed by atoms with Gasteiger partial charge in [-0.15, -0.1) is 13.2 Å². The minimum Gasteiger partial charge on any atom is -0.404 e. The fourth-order valence-corrected chi connectivity index (χ4v) is 0.997. The molecule has 0 fully saturated rings. The van der Waals surface area contributed by atoms with Crippen LogP contribution in [-0.2, 0) is 0 Å². The van der Waals surface area contributed by atoms with Gasteiger partial charge in [-0.3, -0.25) is 0 Å². The van der Waals surface area contributed by atoms with E-state index in [1.165, 1.54) is 18.2 Å². The predicted octanol–water partition coefficient (Wildman–Crippen LogP) is 2.87. The molecule has 1 aromatic carbocycles. The lowest BCUT2D eigenvalue weighted by Crippen LogP contribution is -2.17. The standard InChI is InChI=1S/C10H7F3OS/c11-10(12,13)14-9-6-2-1-4-8(9)5-3-7-15/h1-2,4,6,15H,7H2. The van der Waals surface area contributed by atoms with Crippen molar-refractivity contribution in [3.63, 3.8) is 0 Å². The summed E-state index contributed by atoms with van der Waals surface area (Å²) in [6, 6.07) is 5.71. The van der Waals surface area contributed by atoms with Crippen LogP contribution in [0.3, 0.4) is 0 Å². The predicted molar refractivity (Wildman–Crippen MR) is 53.9 cm³/mol. The minimum absolute atomic E-state index is 0.198. The Morgan fingerprint density at radius 2 is 1.93 bits per heavy atom. The number of hydrogen-bond acceptors (Lipinski definition) is 2. The Bertz CT molecular complexity index is 390. The van der Waals surface area contributed by atoms with Gasteiger partial charge in [0.1, 0.15) is 5.75 Å². The number of thiol groups is 1. The first-order chi connectivity index (χ1) is 7.03. The first-order valence-corrected chi connectivity index (χ1v) is 4.60. The summed E-state index contributed by atoms with van der Waals surface area (Å²) in [4.78, 5) is 0. The zero-order valence-electron chi connectivity index (χ0n) is 7.51. The van der Waals surface area contributed by atoms with Gasteiger partial charge >= 0.3 is 6.36 Å². The van der Waals surface area contributed by atoms with E-state index < -0.39 is 6.36 Å². The van der Waals surface area contributed by atoms with Crippen LogP contribution >= 0.6 is 12.6 Å². The van der Waals surface area contributed by atoms with E-state index in [0.717, 1.165) is 0 Å². The molecule has 0 N–H and O–H groups in total. The Morgan fingerprint density at radius 3 is 2.53 bits per heavy atom. The zero-order chi connectivity index (χ0) is 11.3. The highest BCUT2D eigenvalue weighted by atomic mass is 32.1. The molecule has 0 atom stereocenters. The van der Waals surface area contributed by atoms with E-state index >= 15 is 0 Å². The van der Waals surface area contributed by atoms with Crippen LogP contribution < -0.4 is 4.74 Å². The van der Waals surface area contributed by atoms with Crippen LogP contribution in [0, 0.1) is 11.8 Å². The molecule has 0 heterocycles. The van der Waals surface area contributed by atoms with Crippen LogP contribution in [0.25, 0.3) is 0 Å². The number of ether oxygens (including phenoxy) is 1. The van der Waals surface area contributed by atoms with Crippen molar-refractivity contribution in [2.75, 3.05) is 5.75 Å². The number of hydrogen-bond donors (Lipinski definition) is 1. The Kier molecular flexibility index (Phi) is 3.92. The van der Waals surface area contributed by atoms with Gasteiger partial charge in [0, 0.05) is 0 Å². The third-order valence-electron chi connectivity index (χ3n) is 1.41. The van der Waals surface area contributed by atoms with Crippen LogP contribution in [0.15, 0.2) is 24.3 Å². The molecule has 1 rings (SSSR count). The molecule has 0 aliphatic rings. The second-order valence-electron chi connectivity index (χ2n) is 2.50. The molecule has 0 saturated carbocycles. The quantitative estimate of drug-likeness (QED) is 0.578. The topological polar surface area (TPSA) is 9.23 Å². The summed E-state index contributed by atoms with van der Waals surface area (Å²) in [6.07, 6.45) is -4.70. The lowest BCUT2D eigenvalue weighted by atomic mass is 10.2. The molecule has 0 bridgehead atoms. The van der Waals surface area contributed by atoms with Crippen molar-refractivity contribution < 1.29 is 17.9 Å². The van der Waals surface area contributed by atoms with Crippen LogP contribution in [-0.4, -0.2) is 12.1 Å². The second-order valence-corrected chi connectivity index (χ2v) is 2.82. The lowest BCUT2D eigenvalue weighted by Gasteiger charge is -2.09. The second kappa shape index (κ2) is 4.99. The maximum Gasteiger partial charge on any atom is 0.573 e. The molecule has 1 aromatic rings. The number of alkyl halides is 3. The maximum atomic E-state index is 12.0. The average molecular weight is 232 g/mol. The number of halogens is 3. The summed E-state index contributed by atoms with van der Waals surface area (Å²) in [7, 11) is 0. The monoisotopic (exact) mass is 232 g/mol. The summed E-state index contributed by atoms with van der Waals surface area (Å²) in [5, 5.41) is 0. The van der Waals surface area contributed by atoms with Crippen molar-refractivity contribution in [2.45, 2.75) is 6.36 Å². The number of para-hydroxylation sites is 1. The number of benzene rings is 1. The highest BCUT2D eigenvalue weighted by Crippen LogP contribution is 2.25. The average Bonchev–Trinajstić information content (AvgIpc) is 2.14. The summed E-state index contributed by atoms with van der Waals surface area (Å²) >= 11 is 3.83. The van der Waals surface area contributed by atoms with E-state index in [2.05, 4.69) is 29.2 Å². The van der Waals surface area contributed by atoms with Crippen LogP contribution in [0.1, 0.15) is 5.56 Å². The molecule has 0 saturated heterocycles. The Morgan fingerprint density at radius 1 is 1.27 bits per heavy atom. The van der Waals surface area contributed by atoms with Gasteiger partial charge in [-0.25, -0.2) is 0 Å². The van der Waals surface area contributed by atoms with E-state index in [1.54, 1.807) is 6.07 Å². The molecule has 0 radical (unpaired) electrons. The molecule has 0 spiro atoms. The minimum atomic E-state index is -4.70. The molecule has 0 aliphatic carbocycles. The third-order valence-corrected chi connectivity index (χ3v) is 1.57. The first kappa shape index (κ1) is 11.8.